The molecule has 0 aliphatic rings. The Labute approximate surface area is 119 Å². The minimum atomic E-state index is -0.316. The standard InChI is InChI=1S/C17H18O3/c1-3-16(13-7-5-4-6-8-13)20-17(18)14-9-11-15(19-2)12-10-14/h4-12,16H,3H2,1-2H3/t16-/m1/s1. The van der Waals surface area contributed by atoms with E-state index in [0.717, 1.165) is 17.7 Å². The fraction of sp³-hybridized carbons (Fsp3) is 0.235. The van der Waals surface area contributed by atoms with Crippen molar-refractivity contribution >= 4 is 5.97 Å². The maximum absolute atomic E-state index is 12.1. The fourth-order valence-corrected chi connectivity index (χ4v) is 1.98. The quantitative estimate of drug-likeness (QED) is 0.770. The van der Waals surface area contributed by atoms with Crippen LogP contribution in [0.3, 0.4) is 0 Å². The molecule has 2 aromatic carbocycles. The minimum absolute atomic E-state index is 0.217. The molecule has 0 N–H and O–H groups in total. The van der Waals surface area contributed by atoms with Crippen LogP contribution in [-0.4, -0.2) is 13.1 Å². The highest BCUT2D eigenvalue weighted by molar-refractivity contribution is 5.89. The number of hydrogen-bond donors (Lipinski definition) is 0. The van der Waals surface area contributed by atoms with Crippen LogP contribution in [0.5, 0.6) is 5.75 Å². The lowest BCUT2D eigenvalue weighted by atomic mass is 10.1. The first kappa shape index (κ1) is 14.1. The van der Waals surface area contributed by atoms with Crippen molar-refractivity contribution in [2.45, 2.75) is 19.4 Å². The molecule has 3 heteroatoms. The Bertz CT molecular complexity index is 546. The topological polar surface area (TPSA) is 35.5 Å². The summed E-state index contributed by atoms with van der Waals surface area (Å²) in [6.45, 7) is 2.00. The lowest BCUT2D eigenvalue weighted by molar-refractivity contribution is 0.0288. The zero-order chi connectivity index (χ0) is 14.4. The van der Waals surface area contributed by atoms with Gasteiger partial charge in [0.1, 0.15) is 11.9 Å². The van der Waals surface area contributed by atoms with Crippen molar-refractivity contribution in [2.75, 3.05) is 7.11 Å². The summed E-state index contributed by atoms with van der Waals surface area (Å²) in [5, 5.41) is 0. The molecule has 0 radical (unpaired) electrons. The van der Waals surface area contributed by atoms with Gasteiger partial charge in [-0.15, -0.1) is 0 Å². The average Bonchev–Trinajstić information content (AvgIpc) is 2.53. The number of carbonyl (C=O) groups is 1. The van der Waals surface area contributed by atoms with Gasteiger partial charge in [-0.05, 0) is 36.2 Å². The molecule has 0 spiro atoms. The third-order valence-electron chi connectivity index (χ3n) is 3.12. The van der Waals surface area contributed by atoms with Crippen LogP contribution in [-0.2, 0) is 4.74 Å². The molecule has 0 saturated carbocycles. The van der Waals surface area contributed by atoms with Crippen molar-refractivity contribution in [3.05, 3.63) is 65.7 Å². The lowest BCUT2D eigenvalue weighted by Crippen LogP contribution is -2.11. The molecule has 20 heavy (non-hydrogen) atoms. The first-order chi connectivity index (χ1) is 9.74. The Morgan fingerprint density at radius 2 is 1.70 bits per heavy atom. The van der Waals surface area contributed by atoms with E-state index in [4.69, 9.17) is 9.47 Å². The van der Waals surface area contributed by atoms with E-state index < -0.39 is 0 Å². The molecule has 2 rings (SSSR count). The molecule has 0 aliphatic heterocycles. The monoisotopic (exact) mass is 270 g/mol. The van der Waals surface area contributed by atoms with Crippen LogP contribution >= 0.6 is 0 Å². The summed E-state index contributed by atoms with van der Waals surface area (Å²) in [4.78, 5) is 12.1. The van der Waals surface area contributed by atoms with Crippen LogP contribution in [0.15, 0.2) is 54.6 Å². The highest BCUT2D eigenvalue weighted by atomic mass is 16.5. The van der Waals surface area contributed by atoms with E-state index in [9.17, 15) is 4.79 Å². The Kier molecular flexibility index (Phi) is 4.77. The normalized spacial score (nSPS) is 11.7. The maximum atomic E-state index is 12.1. The first-order valence-electron chi connectivity index (χ1n) is 6.64. The summed E-state index contributed by atoms with van der Waals surface area (Å²) in [6, 6.07) is 16.7. The molecule has 0 aliphatic carbocycles. The number of rotatable bonds is 5. The molecule has 3 nitrogen and oxygen atoms in total. The van der Waals surface area contributed by atoms with E-state index in [1.807, 2.05) is 37.3 Å². The second-order valence-corrected chi connectivity index (χ2v) is 4.44. The predicted octanol–water partition coefficient (Wildman–Crippen LogP) is 4.00. The summed E-state index contributed by atoms with van der Waals surface area (Å²) in [7, 11) is 1.59. The summed E-state index contributed by atoms with van der Waals surface area (Å²) in [5.41, 5.74) is 1.54. The van der Waals surface area contributed by atoms with Crippen LogP contribution in [0.25, 0.3) is 0 Å². The number of benzene rings is 2. The summed E-state index contributed by atoms with van der Waals surface area (Å²) in [6.07, 6.45) is 0.525. The Morgan fingerprint density at radius 3 is 2.25 bits per heavy atom. The van der Waals surface area contributed by atoms with Gasteiger partial charge in [-0.25, -0.2) is 4.79 Å². The molecule has 1 atom stereocenters. The minimum Gasteiger partial charge on any atom is -0.497 e. The van der Waals surface area contributed by atoms with Crippen molar-refractivity contribution in [1.29, 1.82) is 0 Å². The molecule has 104 valence electrons. The SMILES string of the molecule is CC[C@@H](OC(=O)c1ccc(OC)cc1)c1ccccc1. The molecule has 0 fully saturated rings. The van der Waals surface area contributed by atoms with Crippen molar-refractivity contribution in [3.63, 3.8) is 0 Å². The molecule has 0 aromatic heterocycles. The van der Waals surface area contributed by atoms with Gasteiger partial charge < -0.3 is 9.47 Å². The first-order valence-corrected chi connectivity index (χ1v) is 6.64. The van der Waals surface area contributed by atoms with Crippen molar-refractivity contribution in [3.8, 4) is 5.75 Å². The largest absolute Gasteiger partial charge is 0.497 e. The van der Waals surface area contributed by atoms with Gasteiger partial charge in [-0.3, -0.25) is 0 Å². The predicted molar refractivity (Wildman–Crippen MR) is 77.9 cm³/mol. The van der Waals surface area contributed by atoms with E-state index in [0.29, 0.717) is 5.56 Å². The van der Waals surface area contributed by atoms with Gasteiger partial charge in [-0.1, -0.05) is 37.3 Å². The summed E-state index contributed by atoms with van der Waals surface area (Å²) < 4.78 is 10.6. The summed E-state index contributed by atoms with van der Waals surface area (Å²) >= 11 is 0. The van der Waals surface area contributed by atoms with Gasteiger partial charge in [0.15, 0.2) is 0 Å². The molecule has 0 amide bonds. The van der Waals surface area contributed by atoms with Gasteiger partial charge >= 0.3 is 5.97 Å². The Morgan fingerprint density at radius 1 is 1.05 bits per heavy atom. The van der Waals surface area contributed by atoms with E-state index in [-0.39, 0.29) is 12.1 Å². The Hall–Kier alpha value is -2.29. The fourth-order valence-electron chi connectivity index (χ4n) is 1.98. The number of esters is 1. The van der Waals surface area contributed by atoms with Crippen LogP contribution < -0.4 is 4.74 Å². The van der Waals surface area contributed by atoms with Crippen LogP contribution in [0.4, 0.5) is 0 Å². The number of ether oxygens (including phenoxy) is 2. The van der Waals surface area contributed by atoms with Crippen LogP contribution in [0.1, 0.15) is 35.4 Å². The number of hydrogen-bond acceptors (Lipinski definition) is 3. The third kappa shape index (κ3) is 3.38. The van der Waals surface area contributed by atoms with Crippen molar-refractivity contribution in [2.24, 2.45) is 0 Å². The van der Waals surface area contributed by atoms with E-state index in [2.05, 4.69) is 0 Å². The van der Waals surface area contributed by atoms with Crippen LogP contribution in [0, 0.1) is 0 Å². The molecule has 0 unspecified atom stereocenters. The maximum Gasteiger partial charge on any atom is 0.338 e. The van der Waals surface area contributed by atoms with Crippen LogP contribution in [0.2, 0.25) is 0 Å². The highest BCUT2D eigenvalue weighted by Gasteiger charge is 2.16. The number of carbonyl (C=O) groups excluding carboxylic acids is 1. The van der Waals surface area contributed by atoms with Gasteiger partial charge in [0.05, 0.1) is 12.7 Å². The lowest BCUT2D eigenvalue weighted by Gasteiger charge is -2.16. The smallest absolute Gasteiger partial charge is 0.338 e. The number of methoxy groups -OCH3 is 1. The molecule has 0 bridgehead atoms. The second-order valence-electron chi connectivity index (χ2n) is 4.44. The van der Waals surface area contributed by atoms with E-state index in [1.165, 1.54) is 0 Å². The van der Waals surface area contributed by atoms with Gasteiger partial charge in [0.2, 0.25) is 0 Å². The van der Waals surface area contributed by atoms with E-state index in [1.54, 1.807) is 31.4 Å². The van der Waals surface area contributed by atoms with Gasteiger partial charge in [0.25, 0.3) is 0 Å². The average molecular weight is 270 g/mol. The molecular formula is C17H18O3. The highest BCUT2D eigenvalue weighted by Crippen LogP contribution is 2.22. The molecular weight excluding hydrogens is 252 g/mol. The zero-order valence-electron chi connectivity index (χ0n) is 11.7. The molecule has 2 aromatic rings. The zero-order valence-corrected chi connectivity index (χ0v) is 11.7. The van der Waals surface area contributed by atoms with Crippen molar-refractivity contribution < 1.29 is 14.3 Å². The van der Waals surface area contributed by atoms with Crippen molar-refractivity contribution in [1.82, 2.24) is 0 Å². The van der Waals surface area contributed by atoms with Gasteiger partial charge in [0, 0.05) is 0 Å². The molecule has 0 heterocycles. The van der Waals surface area contributed by atoms with Gasteiger partial charge in [-0.2, -0.15) is 0 Å². The third-order valence-corrected chi connectivity index (χ3v) is 3.12. The summed E-state index contributed by atoms with van der Waals surface area (Å²) in [5.74, 6) is 0.403. The molecule has 0 saturated heterocycles. The van der Waals surface area contributed by atoms with E-state index >= 15 is 0 Å². The Balaban J connectivity index is 2.09. The second kappa shape index (κ2) is 6.75.